The summed E-state index contributed by atoms with van der Waals surface area (Å²) in [6, 6.07) is 36.3. The maximum Gasteiger partial charge on any atom is 0.251 e. The van der Waals surface area contributed by atoms with E-state index in [0.29, 0.717) is 18.5 Å². The molecule has 1 amide bonds. The lowest BCUT2D eigenvalue weighted by Crippen LogP contribution is -2.48. The van der Waals surface area contributed by atoms with Gasteiger partial charge in [0.2, 0.25) is 0 Å². The highest BCUT2D eigenvalue weighted by Crippen LogP contribution is 2.19. The van der Waals surface area contributed by atoms with Crippen LogP contribution in [0.15, 0.2) is 109 Å². The normalized spacial score (nSPS) is 12.8. The van der Waals surface area contributed by atoms with Gasteiger partial charge in [0, 0.05) is 30.7 Å². The molecule has 5 aromatic carbocycles. The van der Waals surface area contributed by atoms with E-state index in [1.54, 1.807) is 12.1 Å². The van der Waals surface area contributed by atoms with E-state index in [1.807, 2.05) is 19.2 Å². The van der Waals surface area contributed by atoms with Crippen molar-refractivity contribution < 1.29 is 9.90 Å². The SMILES string of the molecule is CNC[C@@H](Cc1ccc2ccccc2c1)NC[C@H](Cc1ccc2ccccc2c1)NC(=O)c1ccc(O)cc1. The highest BCUT2D eigenvalue weighted by molar-refractivity contribution is 5.94. The number of hydrogen-bond acceptors (Lipinski definition) is 4. The minimum atomic E-state index is -0.151. The molecule has 0 bridgehead atoms. The number of phenols is 1. The van der Waals surface area contributed by atoms with Gasteiger partial charge in [-0.25, -0.2) is 0 Å². The molecule has 5 nitrogen and oxygen atoms in total. The fourth-order valence-corrected chi connectivity index (χ4v) is 5.13. The van der Waals surface area contributed by atoms with Gasteiger partial charge in [-0.3, -0.25) is 4.79 Å². The van der Waals surface area contributed by atoms with E-state index < -0.39 is 0 Å². The third-order valence-electron chi connectivity index (χ3n) is 7.16. The Morgan fingerprint density at radius 3 is 1.77 bits per heavy atom. The first-order valence-electron chi connectivity index (χ1n) is 13.5. The molecule has 198 valence electrons. The third kappa shape index (κ3) is 7.02. The van der Waals surface area contributed by atoms with Crippen LogP contribution in [0.5, 0.6) is 5.75 Å². The molecule has 0 saturated heterocycles. The molecular weight excluding hydrogens is 482 g/mol. The van der Waals surface area contributed by atoms with Crippen molar-refractivity contribution in [2.24, 2.45) is 0 Å². The van der Waals surface area contributed by atoms with E-state index in [4.69, 9.17) is 0 Å². The molecule has 0 radical (unpaired) electrons. The van der Waals surface area contributed by atoms with Gasteiger partial charge < -0.3 is 21.1 Å². The topological polar surface area (TPSA) is 73.4 Å². The van der Waals surface area contributed by atoms with Crippen LogP contribution in [0.1, 0.15) is 21.5 Å². The molecule has 0 aliphatic carbocycles. The largest absolute Gasteiger partial charge is 0.508 e. The van der Waals surface area contributed by atoms with E-state index in [-0.39, 0.29) is 23.7 Å². The van der Waals surface area contributed by atoms with Gasteiger partial charge in [-0.05, 0) is 76.8 Å². The number of nitrogens with one attached hydrogen (secondary N) is 3. The Labute approximate surface area is 229 Å². The number of carbonyl (C=O) groups excluding carboxylic acids is 1. The van der Waals surface area contributed by atoms with E-state index >= 15 is 0 Å². The fourth-order valence-electron chi connectivity index (χ4n) is 5.13. The number of fused-ring (bicyclic) bond motifs is 2. The molecule has 5 aromatic rings. The Morgan fingerprint density at radius 2 is 1.21 bits per heavy atom. The van der Waals surface area contributed by atoms with Crippen molar-refractivity contribution in [1.29, 1.82) is 0 Å². The molecule has 0 aliphatic rings. The first-order valence-corrected chi connectivity index (χ1v) is 13.5. The highest BCUT2D eigenvalue weighted by Gasteiger charge is 2.18. The van der Waals surface area contributed by atoms with Crippen LogP contribution in [0, 0.1) is 0 Å². The van der Waals surface area contributed by atoms with Crippen molar-refractivity contribution in [1.82, 2.24) is 16.0 Å². The van der Waals surface area contributed by atoms with Crippen LogP contribution in [0.25, 0.3) is 21.5 Å². The third-order valence-corrected chi connectivity index (χ3v) is 7.16. The number of rotatable bonds is 11. The van der Waals surface area contributed by atoms with Crippen molar-refractivity contribution in [2.45, 2.75) is 24.9 Å². The second-order valence-electron chi connectivity index (χ2n) is 10.2. The lowest BCUT2D eigenvalue weighted by Gasteiger charge is -2.25. The summed E-state index contributed by atoms with van der Waals surface area (Å²) in [5, 5.41) is 24.8. The maximum atomic E-state index is 13.1. The molecule has 2 atom stereocenters. The van der Waals surface area contributed by atoms with Crippen molar-refractivity contribution >= 4 is 27.5 Å². The molecule has 4 N–H and O–H groups in total. The Morgan fingerprint density at radius 1 is 0.667 bits per heavy atom. The number of carbonyl (C=O) groups is 1. The number of amides is 1. The quantitative estimate of drug-likeness (QED) is 0.188. The predicted molar refractivity (Wildman–Crippen MR) is 160 cm³/mol. The summed E-state index contributed by atoms with van der Waals surface area (Å²) < 4.78 is 0. The summed E-state index contributed by atoms with van der Waals surface area (Å²) in [7, 11) is 1.97. The van der Waals surface area contributed by atoms with E-state index in [1.165, 1.54) is 44.8 Å². The average molecular weight is 518 g/mol. The van der Waals surface area contributed by atoms with Crippen molar-refractivity contribution in [3.8, 4) is 5.75 Å². The molecule has 39 heavy (non-hydrogen) atoms. The number of aromatic hydroxyl groups is 1. The second-order valence-corrected chi connectivity index (χ2v) is 10.2. The molecule has 0 heterocycles. The number of likely N-dealkylation sites (N-methyl/N-ethyl adjacent to an activating group) is 1. The summed E-state index contributed by atoms with van der Waals surface area (Å²) >= 11 is 0. The molecule has 0 saturated carbocycles. The zero-order valence-electron chi connectivity index (χ0n) is 22.2. The number of phenolic OH excluding ortho intramolecular Hbond substituents is 1. The Kier molecular flexibility index (Phi) is 8.51. The van der Waals surface area contributed by atoms with Gasteiger partial charge in [0.25, 0.3) is 5.91 Å². The van der Waals surface area contributed by atoms with Gasteiger partial charge in [-0.1, -0.05) is 84.9 Å². The smallest absolute Gasteiger partial charge is 0.251 e. The minimum Gasteiger partial charge on any atom is -0.508 e. The zero-order valence-corrected chi connectivity index (χ0v) is 22.2. The maximum absolute atomic E-state index is 13.1. The summed E-state index contributed by atoms with van der Waals surface area (Å²) in [6.45, 7) is 1.43. The summed E-state index contributed by atoms with van der Waals surface area (Å²) in [5.74, 6) is -0.00758. The van der Waals surface area contributed by atoms with Gasteiger partial charge in [-0.2, -0.15) is 0 Å². The molecule has 0 aliphatic heterocycles. The lowest BCUT2D eigenvalue weighted by atomic mass is 9.99. The van der Waals surface area contributed by atoms with Crippen molar-refractivity contribution in [2.75, 3.05) is 20.1 Å². The minimum absolute atomic E-state index is 0.122. The lowest BCUT2D eigenvalue weighted by molar-refractivity contribution is 0.0935. The van der Waals surface area contributed by atoms with E-state index in [2.05, 4.69) is 88.7 Å². The van der Waals surface area contributed by atoms with Crippen LogP contribution in [-0.4, -0.2) is 43.2 Å². The van der Waals surface area contributed by atoms with Gasteiger partial charge in [0.05, 0.1) is 0 Å². The van der Waals surface area contributed by atoms with Crippen LogP contribution in [0.2, 0.25) is 0 Å². The fraction of sp³-hybridized carbons (Fsp3) is 0.206. The predicted octanol–water partition coefficient (Wildman–Crippen LogP) is 5.46. The Bertz CT molecular complexity index is 1550. The first-order chi connectivity index (χ1) is 19.1. The molecule has 0 spiro atoms. The standard InChI is InChI=1S/C34H35N3O2/c1-35-22-31(20-24-10-12-26-6-2-4-8-29(26)18-24)36-23-32(37-34(39)28-14-16-33(38)17-15-28)21-25-11-13-27-7-3-5-9-30(27)19-25/h2-19,31-32,35-36,38H,20-23H2,1H3,(H,37,39)/t31-,32+/m1/s1. The monoisotopic (exact) mass is 517 g/mol. The van der Waals surface area contributed by atoms with Crippen LogP contribution in [0.3, 0.4) is 0 Å². The van der Waals surface area contributed by atoms with E-state index in [0.717, 1.165) is 13.0 Å². The highest BCUT2D eigenvalue weighted by atomic mass is 16.3. The first kappa shape index (κ1) is 26.4. The van der Waals surface area contributed by atoms with Crippen LogP contribution in [-0.2, 0) is 12.8 Å². The van der Waals surface area contributed by atoms with E-state index in [9.17, 15) is 9.90 Å². The summed E-state index contributed by atoms with van der Waals surface area (Å²) in [4.78, 5) is 13.1. The van der Waals surface area contributed by atoms with Gasteiger partial charge in [0.15, 0.2) is 0 Å². The van der Waals surface area contributed by atoms with Crippen molar-refractivity contribution in [3.05, 3.63) is 126 Å². The molecular formula is C34H35N3O2. The zero-order chi connectivity index (χ0) is 27.0. The van der Waals surface area contributed by atoms with Gasteiger partial charge in [-0.15, -0.1) is 0 Å². The summed E-state index contributed by atoms with van der Waals surface area (Å²) in [6.07, 6.45) is 1.57. The molecule has 5 heteroatoms. The van der Waals surface area contributed by atoms with Crippen LogP contribution < -0.4 is 16.0 Å². The molecule has 5 rings (SSSR count). The Balaban J connectivity index is 1.32. The number of benzene rings is 5. The molecule has 0 unspecified atom stereocenters. The Hall–Kier alpha value is -4.19. The average Bonchev–Trinajstić information content (AvgIpc) is 2.96. The molecule has 0 fully saturated rings. The van der Waals surface area contributed by atoms with Gasteiger partial charge >= 0.3 is 0 Å². The summed E-state index contributed by atoms with van der Waals surface area (Å²) in [5.41, 5.74) is 2.98. The van der Waals surface area contributed by atoms with Crippen molar-refractivity contribution in [3.63, 3.8) is 0 Å². The van der Waals surface area contributed by atoms with Crippen LogP contribution >= 0.6 is 0 Å². The van der Waals surface area contributed by atoms with Gasteiger partial charge in [0.1, 0.15) is 5.75 Å². The number of hydrogen-bond donors (Lipinski definition) is 4. The second kappa shape index (κ2) is 12.6. The van der Waals surface area contributed by atoms with Crippen LogP contribution in [0.4, 0.5) is 0 Å². The molecule has 0 aromatic heterocycles.